The Morgan fingerprint density at radius 2 is 0.887 bits per heavy atom. The minimum atomic E-state index is -4.34. The molecule has 3 aliphatic heterocycles. The Bertz CT molecular complexity index is 3960. The Labute approximate surface area is 567 Å². The first-order valence-corrected chi connectivity index (χ1v) is 33.8. The van der Waals surface area contributed by atoms with Crippen LogP contribution in [0.5, 0.6) is 23.0 Å². The predicted molar refractivity (Wildman–Crippen MR) is 376 cm³/mol. The number of alkyl halides is 3. The predicted octanol–water partition coefficient (Wildman–Crippen LogP) is 18.2. The molecule has 13 rings (SSSR count). The maximum absolute atomic E-state index is 13.5. The quantitative estimate of drug-likeness (QED) is 0.0609. The van der Waals surface area contributed by atoms with Crippen LogP contribution < -0.4 is 28.7 Å². The summed E-state index contributed by atoms with van der Waals surface area (Å²) in [5, 5.41) is 5.21. The highest BCUT2D eigenvalue weighted by molar-refractivity contribution is 5.80. The molecule has 11 nitrogen and oxygen atoms in total. The highest BCUT2D eigenvalue weighted by atomic mass is 19.4. The van der Waals surface area contributed by atoms with Crippen LogP contribution in [0.3, 0.4) is 0 Å². The van der Waals surface area contributed by atoms with E-state index in [-0.39, 0.29) is 29.9 Å². The molecule has 10 aromatic rings. The largest absolute Gasteiger partial charge is 0.495 e. The number of piperidine rings is 1. The first kappa shape index (κ1) is 69.1. The summed E-state index contributed by atoms with van der Waals surface area (Å²) in [4.78, 5) is 11.8. The zero-order valence-electron chi connectivity index (χ0n) is 55.6. The lowest BCUT2D eigenvalue weighted by Gasteiger charge is -2.37. The number of aryl methyl sites for hydroxylation is 2. The molecule has 0 aliphatic carbocycles. The molecule has 506 valence electrons. The average Bonchev–Trinajstić information content (AvgIpc) is 1.64. The zero-order valence-corrected chi connectivity index (χ0v) is 55.6. The van der Waals surface area contributed by atoms with Crippen LogP contribution in [0, 0.1) is 25.5 Å². The van der Waals surface area contributed by atoms with Crippen molar-refractivity contribution in [3.05, 3.63) is 281 Å². The summed E-state index contributed by atoms with van der Waals surface area (Å²) in [5.41, 5.74) is 8.63. The molecule has 0 amide bonds. The van der Waals surface area contributed by atoms with Gasteiger partial charge in [0.15, 0.2) is 5.58 Å². The van der Waals surface area contributed by atoms with E-state index in [1.165, 1.54) is 64.3 Å². The number of aromatic nitrogens is 1. The summed E-state index contributed by atoms with van der Waals surface area (Å²) < 4.78 is 95.7. The molecule has 0 N–H and O–H groups in total. The molecule has 1 aromatic heterocycles. The number of nitrogens with zero attached hydrogens (tertiary/aromatic N) is 6. The second-order valence-electron chi connectivity index (χ2n) is 25.2. The number of anilines is 2. The summed E-state index contributed by atoms with van der Waals surface area (Å²) >= 11 is 0. The van der Waals surface area contributed by atoms with E-state index in [1.54, 1.807) is 31.4 Å². The molecule has 3 aliphatic rings. The SMILES string of the molecule is COc1ccccc1N1CCN(CCC(Oc2ccc(C)cc2)c2ccccc2)CC1.Cc1ccc(OC(CCN2CCC(c3noc4cc(F)ccc34)CC2)c2ccccc2)cc1.Fc1ccc(OC(CCN2CCN(c3cccc(C(F)(F)F)c3)CC2)c2ccccc2)cc1. The average molecular weight is 1320 g/mol. The second-order valence-corrected chi connectivity index (χ2v) is 25.2. The lowest BCUT2D eigenvalue weighted by atomic mass is 9.91. The first-order valence-electron chi connectivity index (χ1n) is 33.8. The van der Waals surface area contributed by atoms with E-state index in [0.29, 0.717) is 36.0 Å². The van der Waals surface area contributed by atoms with E-state index in [4.69, 9.17) is 23.5 Å². The van der Waals surface area contributed by atoms with Gasteiger partial charge in [0.25, 0.3) is 0 Å². The third-order valence-electron chi connectivity index (χ3n) is 18.5. The Hall–Kier alpha value is -9.22. The fraction of sp³-hybridized carbons (Fsp3) is 0.321. The summed E-state index contributed by atoms with van der Waals surface area (Å²) in [6.45, 7) is 15.9. The van der Waals surface area contributed by atoms with Crippen LogP contribution in [0.2, 0.25) is 0 Å². The van der Waals surface area contributed by atoms with E-state index in [2.05, 4.69) is 142 Å². The van der Waals surface area contributed by atoms with E-state index in [9.17, 15) is 22.0 Å². The van der Waals surface area contributed by atoms with Crippen molar-refractivity contribution < 1.29 is 45.4 Å². The summed E-state index contributed by atoms with van der Waals surface area (Å²) in [6.07, 6.45) is 0.221. The van der Waals surface area contributed by atoms with Gasteiger partial charge in [0.05, 0.1) is 24.1 Å². The molecule has 0 bridgehead atoms. The van der Waals surface area contributed by atoms with Gasteiger partial charge in [-0.2, -0.15) is 13.2 Å². The van der Waals surface area contributed by atoms with Crippen LogP contribution in [0.4, 0.5) is 33.3 Å². The van der Waals surface area contributed by atoms with Crippen molar-refractivity contribution >= 4 is 22.3 Å². The number of methoxy groups -OCH3 is 1. The van der Waals surface area contributed by atoms with Crippen molar-refractivity contribution in [3.63, 3.8) is 0 Å². The number of hydrogen-bond donors (Lipinski definition) is 0. The van der Waals surface area contributed by atoms with Gasteiger partial charge in [-0.1, -0.05) is 150 Å². The topological polar surface area (TPSA) is 79.1 Å². The summed E-state index contributed by atoms with van der Waals surface area (Å²) in [5.74, 6) is 3.15. The fourth-order valence-corrected chi connectivity index (χ4v) is 12.9. The van der Waals surface area contributed by atoms with Crippen LogP contribution in [0.25, 0.3) is 11.0 Å². The molecule has 97 heavy (non-hydrogen) atoms. The number of benzene rings is 9. The van der Waals surface area contributed by atoms with Gasteiger partial charge in [0.2, 0.25) is 0 Å². The van der Waals surface area contributed by atoms with Gasteiger partial charge < -0.3 is 38.2 Å². The van der Waals surface area contributed by atoms with Crippen LogP contribution >= 0.6 is 0 Å². The number of fused-ring (bicyclic) bond motifs is 1. The molecule has 3 unspecified atom stereocenters. The van der Waals surface area contributed by atoms with Gasteiger partial charge in [-0.05, 0) is 147 Å². The van der Waals surface area contributed by atoms with Crippen LogP contribution in [-0.4, -0.2) is 112 Å². The minimum Gasteiger partial charge on any atom is -0.495 e. The first-order chi connectivity index (χ1) is 47.3. The lowest BCUT2D eigenvalue weighted by Crippen LogP contribution is -2.47. The molecule has 16 heteroatoms. The van der Waals surface area contributed by atoms with Crippen molar-refractivity contribution in [2.45, 2.75) is 76.4 Å². The molecule has 0 radical (unpaired) electrons. The number of para-hydroxylation sites is 2. The highest BCUT2D eigenvalue weighted by Gasteiger charge is 2.32. The van der Waals surface area contributed by atoms with E-state index >= 15 is 0 Å². The Morgan fingerprint density at radius 3 is 1.36 bits per heavy atom. The van der Waals surface area contributed by atoms with Crippen LogP contribution in [0.15, 0.2) is 235 Å². The molecule has 3 atom stereocenters. The van der Waals surface area contributed by atoms with Gasteiger partial charge in [-0.3, -0.25) is 9.80 Å². The Kier molecular flexibility index (Phi) is 24.3. The normalized spacial score (nSPS) is 15.9. The minimum absolute atomic E-state index is 0.0148. The maximum Gasteiger partial charge on any atom is 0.416 e. The highest BCUT2D eigenvalue weighted by Crippen LogP contribution is 2.36. The Morgan fingerprint density at radius 1 is 0.454 bits per heavy atom. The monoisotopic (exact) mass is 1320 g/mol. The third-order valence-corrected chi connectivity index (χ3v) is 18.5. The molecular weight excluding hydrogens is 1230 g/mol. The number of ether oxygens (including phenoxy) is 4. The molecule has 9 aromatic carbocycles. The molecule has 3 saturated heterocycles. The second kappa shape index (κ2) is 34.1. The fourth-order valence-electron chi connectivity index (χ4n) is 12.9. The Balaban J connectivity index is 0.000000148. The third kappa shape index (κ3) is 20.0. The van der Waals surface area contributed by atoms with Gasteiger partial charge in [0.1, 0.15) is 52.9 Å². The number of piperazine rings is 2. The maximum atomic E-state index is 13.5. The van der Waals surface area contributed by atoms with Crippen molar-refractivity contribution in [1.82, 2.24) is 19.9 Å². The van der Waals surface area contributed by atoms with Crippen molar-refractivity contribution in [2.24, 2.45) is 0 Å². The molecule has 0 saturated carbocycles. The van der Waals surface area contributed by atoms with Crippen molar-refractivity contribution in [3.8, 4) is 23.0 Å². The number of rotatable bonds is 22. The van der Waals surface area contributed by atoms with Crippen molar-refractivity contribution in [1.29, 1.82) is 0 Å². The smallest absolute Gasteiger partial charge is 0.416 e. The number of halogens is 5. The van der Waals surface area contributed by atoms with E-state index < -0.39 is 11.7 Å². The zero-order chi connectivity index (χ0) is 67.4. The van der Waals surface area contributed by atoms with Crippen LogP contribution in [-0.2, 0) is 6.18 Å². The molecule has 4 heterocycles. The summed E-state index contributed by atoms with van der Waals surface area (Å²) in [6, 6.07) is 72.0. The van der Waals surface area contributed by atoms with Gasteiger partial charge in [-0.25, -0.2) is 8.78 Å². The van der Waals surface area contributed by atoms with Gasteiger partial charge >= 0.3 is 6.18 Å². The van der Waals surface area contributed by atoms with Crippen molar-refractivity contribution in [2.75, 3.05) is 102 Å². The molecule has 3 fully saturated rings. The van der Waals surface area contributed by atoms with Crippen LogP contribution in [0.1, 0.15) is 95.4 Å². The molecular formula is C81H87F5N6O5. The lowest BCUT2D eigenvalue weighted by molar-refractivity contribution is -0.137. The number of hydrogen-bond acceptors (Lipinski definition) is 11. The van der Waals surface area contributed by atoms with Gasteiger partial charge in [-0.15, -0.1) is 0 Å². The van der Waals surface area contributed by atoms with Gasteiger partial charge in [0, 0.05) is 114 Å². The standard InChI is InChI=1S/C28H29FN2O2.C27H32N2O2.C26H26F4N2O/c1-20-7-10-24(11-8-20)32-26(21-5-3-2-4-6-21)15-18-31-16-13-22(14-17-31)28-25-12-9-23(29)19-27(25)33-30-28;1-22-12-14-24(15-13-22)31-26(23-8-4-3-5-9-23)16-17-28-18-20-29(21-19-28)25-10-6-7-11-27(25)30-2;27-22-9-11-24(12-10-22)33-25(20-5-2-1-3-6-20)13-14-31-15-17-32(18-16-31)23-8-4-7-21(19-23)26(28,29)30/h2-12,19,22,26H,13-18H2,1H3;3-15,26H,16-21H2,1-2H3;1-12,19,25H,13-18H2. The van der Waals surface area contributed by atoms with E-state index in [0.717, 1.165) is 144 Å². The van der Waals surface area contributed by atoms with E-state index in [1.807, 2.05) is 65.6 Å². The number of likely N-dealkylation sites (tertiary alicyclic amines) is 1. The molecule has 0 spiro atoms. The summed E-state index contributed by atoms with van der Waals surface area (Å²) in [7, 11) is 1.74.